The molecule has 3 rings (SSSR count). The number of nitrogens with zero attached hydrogens (tertiary/aromatic N) is 2. The first kappa shape index (κ1) is 23.4. The number of nitriles is 1. The molecule has 8 nitrogen and oxygen atoms in total. The van der Waals surface area contributed by atoms with Crippen LogP contribution in [-0.2, 0) is 16.4 Å². The summed E-state index contributed by atoms with van der Waals surface area (Å²) in [5.41, 5.74) is 0.352. The van der Waals surface area contributed by atoms with E-state index in [0.29, 0.717) is 16.9 Å². The van der Waals surface area contributed by atoms with E-state index in [4.69, 9.17) is 9.47 Å². The first-order valence-electron chi connectivity index (χ1n) is 9.42. The van der Waals surface area contributed by atoms with Gasteiger partial charge in [0.15, 0.2) is 5.75 Å². The third-order valence-corrected chi connectivity index (χ3v) is 6.24. The molecule has 33 heavy (non-hydrogen) atoms. The van der Waals surface area contributed by atoms with Crippen LogP contribution >= 0.6 is 0 Å². The number of allylic oxidation sites excluding steroid dienone is 1. The van der Waals surface area contributed by atoms with E-state index < -0.39 is 31.2 Å². The fourth-order valence-electron chi connectivity index (χ4n) is 2.96. The second kappa shape index (κ2) is 9.93. The number of nitro groups is 1. The van der Waals surface area contributed by atoms with Gasteiger partial charge in [-0.2, -0.15) is 5.26 Å². The summed E-state index contributed by atoms with van der Waals surface area (Å²) in [5.74, 6) is -0.618. The van der Waals surface area contributed by atoms with E-state index in [1.54, 1.807) is 30.3 Å². The van der Waals surface area contributed by atoms with Gasteiger partial charge in [-0.1, -0.05) is 24.3 Å². The highest BCUT2D eigenvalue weighted by Gasteiger charge is 2.21. The molecule has 0 fully saturated rings. The lowest BCUT2D eigenvalue weighted by atomic mass is 10.1. The number of halogens is 1. The first-order valence-corrected chi connectivity index (χ1v) is 10.9. The van der Waals surface area contributed by atoms with Gasteiger partial charge in [-0.3, -0.25) is 10.1 Å². The highest BCUT2D eigenvalue weighted by atomic mass is 32.2. The SMILES string of the molecule is COc1ccc(/C=C(/C#N)S(=O)(=O)c2ccccc2)cc1COc1cc(F)ccc1[N+](=O)[O-]. The minimum atomic E-state index is -4.03. The molecule has 0 spiro atoms. The monoisotopic (exact) mass is 468 g/mol. The molecule has 0 amide bonds. The van der Waals surface area contributed by atoms with Crippen LogP contribution in [0.2, 0.25) is 0 Å². The smallest absolute Gasteiger partial charge is 0.311 e. The molecular weight excluding hydrogens is 451 g/mol. The van der Waals surface area contributed by atoms with Crippen molar-refractivity contribution in [1.29, 1.82) is 5.26 Å². The van der Waals surface area contributed by atoms with Crippen molar-refractivity contribution in [3.8, 4) is 17.6 Å². The van der Waals surface area contributed by atoms with Crippen LogP contribution in [-0.4, -0.2) is 20.5 Å². The largest absolute Gasteiger partial charge is 0.496 e. The van der Waals surface area contributed by atoms with Gasteiger partial charge >= 0.3 is 5.69 Å². The highest BCUT2D eigenvalue weighted by molar-refractivity contribution is 7.95. The van der Waals surface area contributed by atoms with E-state index in [1.165, 1.54) is 37.5 Å². The lowest BCUT2D eigenvalue weighted by molar-refractivity contribution is -0.386. The zero-order valence-corrected chi connectivity index (χ0v) is 18.1. The Hall–Kier alpha value is -4.23. The zero-order valence-electron chi connectivity index (χ0n) is 17.3. The molecule has 3 aromatic rings. The van der Waals surface area contributed by atoms with Crippen molar-refractivity contribution in [2.75, 3.05) is 7.11 Å². The third-order valence-electron chi connectivity index (χ3n) is 4.56. The molecule has 0 atom stereocenters. The standard InChI is InChI=1S/C23H17FN2O6S/c1-31-22-10-7-16(12-20(14-25)33(29,30)19-5-3-2-4-6-19)11-17(22)15-32-23-13-18(24)8-9-21(23)26(27)28/h2-13H,15H2,1H3/b20-12-. The number of hydrogen-bond acceptors (Lipinski definition) is 7. The van der Waals surface area contributed by atoms with Gasteiger partial charge in [-0.25, -0.2) is 12.8 Å². The summed E-state index contributed by atoms with van der Waals surface area (Å²) in [5, 5.41) is 20.6. The Morgan fingerprint density at radius 2 is 1.85 bits per heavy atom. The summed E-state index contributed by atoms with van der Waals surface area (Å²) in [7, 11) is -2.63. The van der Waals surface area contributed by atoms with Gasteiger partial charge in [0.2, 0.25) is 9.84 Å². The molecule has 168 valence electrons. The van der Waals surface area contributed by atoms with Crippen LogP contribution in [0.3, 0.4) is 0 Å². The molecular formula is C23H17FN2O6S. The van der Waals surface area contributed by atoms with Crippen LogP contribution in [0.25, 0.3) is 6.08 Å². The maximum atomic E-state index is 13.6. The molecule has 0 saturated heterocycles. The van der Waals surface area contributed by atoms with Gasteiger partial charge in [0.05, 0.1) is 16.9 Å². The molecule has 0 aliphatic heterocycles. The Morgan fingerprint density at radius 3 is 2.48 bits per heavy atom. The predicted octanol–water partition coefficient (Wildman–Crippen LogP) is 4.66. The Bertz CT molecular complexity index is 1370. The van der Waals surface area contributed by atoms with Crippen molar-refractivity contribution in [2.45, 2.75) is 11.5 Å². The van der Waals surface area contributed by atoms with Crippen molar-refractivity contribution in [2.24, 2.45) is 0 Å². The van der Waals surface area contributed by atoms with Crippen LogP contribution in [0.5, 0.6) is 11.5 Å². The van der Waals surface area contributed by atoms with Gasteiger partial charge < -0.3 is 9.47 Å². The van der Waals surface area contributed by atoms with Crippen LogP contribution < -0.4 is 9.47 Å². The molecule has 0 aromatic heterocycles. The predicted molar refractivity (Wildman–Crippen MR) is 118 cm³/mol. The second-order valence-corrected chi connectivity index (χ2v) is 8.58. The molecule has 0 heterocycles. The minimum absolute atomic E-state index is 0.0201. The van der Waals surface area contributed by atoms with Crippen LogP contribution in [0.1, 0.15) is 11.1 Å². The number of hydrogen-bond donors (Lipinski definition) is 0. The fraction of sp³-hybridized carbons (Fsp3) is 0.0870. The summed E-state index contributed by atoms with van der Waals surface area (Å²) in [6, 6.07) is 16.7. The molecule has 0 unspecified atom stereocenters. The molecule has 10 heteroatoms. The Labute approximate surface area is 189 Å². The first-order chi connectivity index (χ1) is 15.8. The maximum Gasteiger partial charge on any atom is 0.311 e. The van der Waals surface area contributed by atoms with E-state index in [9.17, 15) is 28.2 Å². The molecule has 0 aliphatic rings. The van der Waals surface area contributed by atoms with Crippen molar-refractivity contribution in [3.63, 3.8) is 0 Å². The molecule has 0 N–H and O–H groups in total. The topological polar surface area (TPSA) is 120 Å². The Balaban J connectivity index is 1.95. The van der Waals surface area contributed by atoms with Crippen molar-refractivity contribution in [3.05, 3.63) is 98.7 Å². The van der Waals surface area contributed by atoms with E-state index in [0.717, 1.165) is 18.2 Å². The van der Waals surface area contributed by atoms with Crippen LogP contribution in [0.15, 0.2) is 76.5 Å². The number of sulfone groups is 1. The Kier molecular flexibility index (Phi) is 7.05. The van der Waals surface area contributed by atoms with Crippen LogP contribution in [0.4, 0.5) is 10.1 Å². The number of benzene rings is 3. The number of rotatable bonds is 8. The Morgan fingerprint density at radius 1 is 1.12 bits per heavy atom. The maximum absolute atomic E-state index is 13.6. The molecule has 0 aliphatic carbocycles. The lowest BCUT2D eigenvalue weighted by Gasteiger charge is -2.12. The van der Waals surface area contributed by atoms with Gasteiger partial charge in [-0.05, 0) is 42.0 Å². The van der Waals surface area contributed by atoms with Gasteiger partial charge in [0, 0.05) is 17.7 Å². The van der Waals surface area contributed by atoms with Crippen molar-refractivity contribution in [1.82, 2.24) is 0 Å². The zero-order chi connectivity index (χ0) is 24.0. The number of ether oxygens (including phenoxy) is 2. The van der Waals surface area contributed by atoms with Gasteiger partial charge in [-0.15, -0.1) is 0 Å². The molecule has 0 bridgehead atoms. The summed E-state index contributed by atoms with van der Waals surface area (Å²) in [6.45, 7) is -0.234. The molecule has 0 saturated carbocycles. The average Bonchev–Trinajstić information content (AvgIpc) is 2.81. The van der Waals surface area contributed by atoms with Crippen molar-refractivity contribution < 1.29 is 27.2 Å². The van der Waals surface area contributed by atoms with E-state index in [-0.39, 0.29) is 17.3 Å². The third kappa shape index (κ3) is 5.34. The van der Waals surface area contributed by atoms with E-state index >= 15 is 0 Å². The average molecular weight is 468 g/mol. The quantitative estimate of drug-likeness (QED) is 0.268. The summed E-state index contributed by atoms with van der Waals surface area (Å²) in [4.78, 5) is 9.99. The summed E-state index contributed by atoms with van der Waals surface area (Å²) >= 11 is 0. The number of methoxy groups -OCH3 is 1. The normalized spacial score (nSPS) is 11.5. The van der Waals surface area contributed by atoms with Gasteiger partial charge in [0.25, 0.3) is 0 Å². The summed E-state index contributed by atoms with van der Waals surface area (Å²) in [6.07, 6.45) is 1.20. The molecule has 3 aromatic carbocycles. The van der Waals surface area contributed by atoms with Gasteiger partial charge in [0.1, 0.15) is 29.1 Å². The molecule has 0 radical (unpaired) electrons. The summed E-state index contributed by atoms with van der Waals surface area (Å²) < 4.78 is 49.8. The number of nitro benzene ring substituents is 1. The highest BCUT2D eigenvalue weighted by Crippen LogP contribution is 2.30. The van der Waals surface area contributed by atoms with Crippen molar-refractivity contribution >= 4 is 21.6 Å². The fourth-order valence-corrected chi connectivity index (χ4v) is 4.14. The minimum Gasteiger partial charge on any atom is -0.496 e. The van der Waals surface area contributed by atoms with E-state index in [2.05, 4.69) is 0 Å². The lowest BCUT2D eigenvalue weighted by Crippen LogP contribution is -2.04. The van der Waals surface area contributed by atoms with E-state index in [1.807, 2.05) is 0 Å². The van der Waals surface area contributed by atoms with Crippen LogP contribution in [0, 0.1) is 27.3 Å². The second-order valence-electron chi connectivity index (χ2n) is 6.67.